The van der Waals surface area contributed by atoms with E-state index in [2.05, 4.69) is 20.8 Å². The Bertz CT molecular complexity index is 71.3. The van der Waals surface area contributed by atoms with Gasteiger partial charge < -0.3 is 0 Å². The van der Waals surface area contributed by atoms with Crippen LogP contribution in [0.5, 0.6) is 0 Å². The Labute approximate surface area is 78.3 Å². The van der Waals surface area contributed by atoms with Crippen molar-refractivity contribution < 1.29 is 0 Å². The zero-order valence-electron chi connectivity index (χ0n) is 8.23. The van der Waals surface area contributed by atoms with Gasteiger partial charge in [-0.05, 0) is 0 Å². The van der Waals surface area contributed by atoms with Crippen molar-refractivity contribution in [3.8, 4) is 0 Å². The van der Waals surface area contributed by atoms with E-state index in [1.54, 1.807) is 0 Å². The van der Waals surface area contributed by atoms with Crippen LogP contribution in [0.3, 0.4) is 0 Å². The molecule has 0 saturated heterocycles. The quantitative estimate of drug-likeness (QED) is 0.451. The normalized spacial score (nSPS) is 13.4. The second-order valence-corrected chi connectivity index (χ2v) is 6.39. The third-order valence-corrected chi connectivity index (χ3v) is 4.97. The van der Waals surface area contributed by atoms with Gasteiger partial charge in [-0.15, -0.1) is 0 Å². The number of unbranched alkanes of at least 4 members (excludes halogenated alkanes) is 3. The topological polar surface area (TPSA) is 0 Å². The van der Waals surface area contributed by atoms with E-state index in [-0.39, 0.29) is 0 Å². The van der Waals surface area contributed by atoms with Crippen LogP contribution in [-0.4, -0.2) is 15.0 Å². The molecule has 1 atom stereocenters. The standard InChI is InChI=1S/C10H22Se/c1-4-6-7-8-9-11-10(3)5-2/h10H,4-9H2,1-3H3. The Balaban J connectivity index is 2.89. The molecule has 1 heteroatoms. The minimum absolute atomic E-state index is 0.933. The van der Waals surface area contributed by atoms with E-state index in [9.17, 15) is 0 Å². The summed E-state index contributed by atoms with van der Waals surface area (Å²) in [5.74, 6) is 0. The van der Waals surface area contributed by atoms with Crippen molar-refractivity contribution in [3.63, 3.8) is 0 Å². The molecule has 0 N–H and O–H groups in total. The molecule has 0 aromatic heterocycles. The predicted octanol–water partition coefficient (Wildman–Crippen LogP) is 3.91. The van der Waals surface area contributed by atoms with Gasteiger partial charge >= 0.3 is 78.0 Å². The molecule has 0 radical (unpaired) electrons. The predicted molar refractivity (Wildman–Crippen MR) is 54.4 cm³/mol. The Kier molecular flexibility index (Phi) is 9.02. The second-order valence-electron chi connectivity index (χ2n) is 3.15. The first-order valence-corrected chi connectivity index (χ1v) is 7.12. The van der Waals surface area contributed by atoms with Crippen molar-refractivity contribution in [2.75, 3.05) is 0 Å². The first kappa shape index (κ1) is 11.5. The maximum atomic E-state index is 2.39. The molecule has 0 amide bonds. The van der Waals surface area contributed by atoms with Crippen LogP contribution in [0.1, 0.15) is 52.9 Å². The fourth-order valence-electron chi connectivity index (χ4n) is 0.931. The minimum atomic E-state index is 0.933. The van der Waals surface area contributed by atoms with Gasteiger partial charge in [0.1, 0.15) is 0 Å². The molecular formula is C10H22Se. The first-order chi connectivity index (χ1) is 5.31. The monoisotopic (exact) mass is 222 g/mol. The first-order valence-electron chi connectivity index (χ1n) is 4.92. The van der Waals surface area contributed by atoms with Crippen LogP contribution in [0.4, 0.5) is 0 Å². The molecule has 0 rings (SSSR count). The van der Waals surface area contributed by atoms with E-state index in [1.807, 2.05) is 0 Å². The van der Waals surface area contributed by atoms with Gasteiger partial charge in [0, 0.05) is 0 Å². The number of rotatable bonds is 7. The fourth-order valence-corrected chi connectivity index (χ4v) is 3.05. The summed E-state index contributed by atoms with van der Waals surface area (Å²) >= 11 is 0.933. The zero-order chi connectivity index (χ0) is 8.53. The molecule has 0 fully saturated rings. The van der Waals surface area contributed by atoms with Gasteiger partial charge in [-0.2, -0.15) is 0 Å². The molecule has 1 unspecified atom stereocenters. The van der Waals surface area contributed by atoms with Crippen LogP contribution in [0.2, 0.25) is 10.1 Å². The van der Waals surface area contributed by atoms with Gasteiger partial charge in [0.2, 0.25) is 0 Å². The molecule has 0 aromatic carbocycles. The van der Waals surface area contributed by atoms with E-state index in [4.69, 9.17) is 0 Å². The van der Waals surface area contributed by atoms with Crippen LogP contribution >= 0.6 is 0 Å². The van der Waals surface area contributed by atoms with Crippen molar-refractivity contribution in [3.05, 3.63) is 0 Å². The molecule has 0 saturated carbocycles. The zero-order valence-corrected chi connectivity index (χ0v) is 9.94. The molecule has 11 heavy (non-hydrogen) atoms. The Morgan fingerprint density at radius 3 is 2.36 bits per heavy atom. The summed E-state index contributed by atoms with van der Waals surface area (Å²) in [5, 5.41) is 1.52. The van der Waals surface area contributed by atoms with E-state index >= 15 is 0 Å². The number of hydrogen-bond acceptors (Lipinski definition) is 0. The van der Waals surface area contributed by atoms with Crippen LogP contribution < -0.4 is 0 Å². The third-order valence-electron chi connectivity index (χ3n) is 1.98. The summed E-state index contributed by atoms with van der Waals surface area (Å²) in [4.78, 5) is 1.02. The van der Waals surface area contributed by atoms with Crippen LogP contribution in [0, 0.1) is 0 Å². The molecule has 0 nitrogen and oxygen atoms in total. The molecule has 0 aromatic rings. The van der Waals surface area contributed by atoms with Gasteiger partial charge in [0.05, 0.1) is 0 Å². The van der Waals surface area contributed by atoms with E-state index in [1.165, 1.54) is 37.4 Å². The summed E-state index contributed by atoms with van der Waals surface area (Å²) in [7, 11) is 0. The van der Waals surface area contributed by atoms with Gasteiger partial charge in [-0.25, -0.2) is 0 Å². The van der Waals surface area contributed by atoms with Crippen molar-refractivity contribution >= 4 is 15.0 Å². The molecular weight excluding hydrogens is 199 g/mol. The molecule has 0 aliphatic heterocycles. The van der Waals surface area contributed by atoms with Crippen LogP contribution in [0.15, 0.2) is 0 Å². The summed E-state index contributed by atoms with van der Waals surface area (Å²) in [6.45, 7) is 6.97. The van der Waals surface area contributed by atoms with Crippen molar-refractivity contribution in [2.24, 2.45) is 0 Å². The van der Waals surface area contributed by atoms with Gasteiger partial charge in [-0.1, -0.05) is 0 Å². The third kappa shape index (κ3) is 8.43. The summed E-state index contributed by atoms with van der Waals surface area (Å²) in [6.07, 6.45) is 7.15. The summed E-state index contributed by atoms with van der Waals surface area (Å²) < 4.78 is 0. The fraction of sp³-hybridized carbons (Fsp3) is 1.00. The average Bonchev–Trinajstić information content (AvgIpc) is 2.04. The molecule has 0 aliphatic carbocycles. The summed E-state index contributed by atoms with van der Waals surface area (Å²) in [6, 6.07) is 0. The second kappa shape index (κ2) is 8.61. The van der Waals surface area contributed by atoms with E-state index in [0.717, 1.165) is 19.8 Å². The van der Waals surface area contributed by atoms with E-state index in [0.29, 0.717) is 0 Å². The maximum absolute atomic E-state index is 2.39. The van der Waals surface area contributed by atoms with Gasteiger partial charge in [0.15, 0.2) is 0 Å². The molecule has 0 bridgehead atoms. The summed E-state index contributed by atoms with van der Waals surface area (Å²) in [5.41, 5.74) is 0. The van der Waals surface area contributed by atoms with Gasteiger partial charge in [0.25, 0.3) is 0 Å². The average molecular weight is 221 g/mol. The molecule has 0 aliphatic rings. The van der Waals surface area contributed by atoms with E-state index < -0.39 is 0 Å². The van der Waals surface area contributed by atoms with Crippen molar-refractivity contribution in [1.29, 1.82) is 0 Å². The Morgan fingerprint density at radius 1 is 1.09 bits per heavy atom. The van der Waals surface area contributed by atoms with Crippen molar-refractivity contribution in [2.45, 2.75) is 63.0 Å². The molecule has 0 spiro atoms. The Hall–Kier alpha value is 0.519. The van der Waals surface area contributed by atoms with Crippen LogP contribution in [-0.2, 0) is 0 Å². The van der Waals surface area contributed by atoms with Crippen molar-refractivity contribution in [1.82, 2.24) is 0 Å². The Morgan fingerprint density at radius 2 is 1.82 bits per heavy atom. The number of hydrogen-bond donors (Lipinski definition) is 0. The molecule has 0 heterocycles. The van der Waals surface area contributed by atoms with Crippen LogP contribution in [0.25, 0.3) is 0 Å². The van der Waals surface area contributed by atoms with Gasteiger partial charge in [-0.3, -0.25) is 0 Å². The molecule has 68 valence electrons. The SMILES string of the molecule is CCCCCC[Se]C(C)CC.